The average Bonchev–Trinajstić information content (AvgIpc) is 3.40. The first-order valence-corrected chi connectivity index (χ1v) is 11.1. The topological polar surface area (TPSA) is 68.7 Å². The molecule has 0 aliphatic carbocycles. The van der Waals surface area contributed by atoms with Crippen LogP contribution in [0.4, 0.5) is 5.82 Å². The van der Waals surface area contributed by atoms with Crippen LogP contribution in [0, 0.1) is 0 Å². The summed E-state index contributed by atoms with van der Waals surface area (Å²) in [6.45, 7) is 4.05. The summed E-state index contributed by atoms with van der Waals surface area (Å²) in [5.74, 6) is 0.495. The second-order valence-corrected chi connectivity index (χ2v) is 8.78. The van der Waals surface area contributed by atoms with Gasteiger partial charge in [0.2, 0.25) is 0 Å². The number of benzene rings is 2. The highest BCUT2D eigenvalue weighted by Gasteiger charge is 2.30. The summed E-state index contributed by atoms with van der Waals surface area (Å²) in [6, 6.07) is 19.2. The Morgan fingerprint density at radius 1 is 1.13 bits per heavy atom. The van der Waals surface area contributed by atoms with Crippen molar-refractivity contribution in [3.8, 4) is 0 Å². The van der Waals surface area contributed by atoms with Crippen LogP contribution >= 0.6 is 11.9 Å². The Labute approximate surface area is 180 Å². The molecule has 1 unspecified atom stereocenters. The molecule has 2 atom stereocenters. The fourth-order valence-corrected chi connectivity index (χ4v) is 5.08. The maximum atomic E-state index is 6.42. The van der Waals surface area contributed by atoms with Gasteiger partial charge in [-0.25, -0.2) is 13.8 Å². The number of anilines is 1. The van der Waals surface area contributed by atoms with E-state index in [0.29, 0.717) is 5.82 Å². The molecule has 2 aromatic heterocycles. The van der Waals surface area contributed by atoms with Gasteiger partial charge in [0.15, 0.2) is 5.82 Å². The van der Waals surface area contributed by atoms with Crippen LogP contribution in [-0.2, 0) is 4.74 Å². The smallest absolute Gasteiger partial charge is 0.151 e. The van der Waals surface area contributed by atoms with E-state index in [2.05, 4.69) is 69.8 Å². The Morgan fingerprint density at radius 2 is 2.00 bits per heavy atom. The summed E-state index contributed by atoms with van der Waals surface area (Å²) in [7, 11) is 0. The largest absolute Gasteiger partial charge is 0.382 e. The first-order chi connectivity index (χ1) is 14.7. The van der Waals surface area contributed by atoms with E-state index in [1.54, 1.807) is 11.9 Å². The molecule has 4 aromatic rings. The highest BCUT2D eigenvalue weighted by molar-refractivity contribution is 7.97. The second-order valence-electron chi connectivity index (χ2n) is 7.61. The van der Waals surface area contributed by atoms with Gasteiger partial charge in [0, 0.05) is 18.0 Å². The molecule has 1 aliphatic rings. The van der Waals surface area contributed by atoms with Crippen molar-refractivity contribution in [3.63, 3.8) is 0 Å². The van der Waals surface area contributed by atoms with Crippen LogP contribution in [0.2, 0.25) is 0 Å². The molecule has 0 bridgehead atoms. The van der Waals surface area contributed by atoms with Crippen molar-refractivity contribution < 1.29 is 4.74 Å². The number of likely N-dealkylation sites (N-methyl/N-ethyl adjacent to an activating group) is 1. The van der Waals surface area contributed by atoms with Gasteiger partial charge in [-0.15, -0.1) is 0 Å². The van der Waals surface area contributed by atoms with Gasteiger partial charge in [0.05, 0.1) is 11.8 Å². The van der Waals surface area contributed by atoms with Crippen molar-refractivity contribution >= 4 is 34.1 Å². The van der Waals surface area contributed by atoms with Crippen molar-refractivity contribution in [2.45, 2.75) is 36.9 Å². The maximum Gasteiger partial charge on any atom is 0.151 e. The van der Waals surface area contributed by atoms with Crippen LogP contribution < -0.4 is 5.73 Å². The number of fused-ring (bicyclic) bond motifs is 2. The lowest BCUT2D eigenvalue weighted by Gasteiger charge is -2.23. The number of aromatic nitrogens is 3. The summed E-state index contributed by atoms with van der Waals surface area (Å²) in [4.78, 5) is 5.33. The van der Waals surface area contributed by atoms with Gasteiger partial charge < -0.3 is 10.5 Å². The van der Waals surface area contributed by atoms with Crippen LogP contribution in [0.5, 0.6) is 0 Å². The summed E-state index contributed by atoms with van der Waals surface area (Å²) >= 11 is 1.80. The molecule has 5 rings (SSSR count). The number of nitrogen functional groups attached to an aromatic ring is 1. The third-order valence-corrected chi connectivity index (χ3v) is 6.79. The van der Waals surface area contributed by atoms with Crippen LogP contribution in [-0.4, -0.2) is 38.1 Å². The first-order valence-electron chi connectivity index (χ1n) is 10.4. The maximum absolute atomic E-state index is 6.42. The quantitative estimate of drug-likeness (QED) is 0.456. The third-order valence-electron chi connectivity index (χ3n) is 5.66. The van der Waals surface area contributed by atoms with Crippen molar-refractivity contribution in [1.29, 1.82) is 0 Å². The number of ether oxygens (including phenoxy) is 1. The Bertz CT molecular complexity index is 1180. The molecule has 1 fully saturated rings. The van der Waals surface area contributed by atoms with Crippen molar-refractivity contribution in [2.24, 2.45) is 0 Å². The zero-order valence-corrected chi connectivity index (χ0v) is 17.8. The number of nitrogens with two attached hydrogens (primary N) is 1. The molecule has 2 N–H and O–H groups in total. The van der Waals surface area contributed by atoms with E-state index >= 15 is 0 Å². The predicted octanol–water partition coefficient (Wildman–Crippen LogP) is 4.71. The highest BCUT2D eigenvalue weighted by atomic mass is 32.2. The molecule has 0 amide bonds. The van der Waals surface area contributed by atoms with Crippen molar-refractivity contribution in [1.82, 2.24) is 18.9 Å². The average molecular weight is 420 g/mol. The third kappa shape index (κ3) is 3.76. The Hall–Kier alpha value is -2.61. The van der Waals surface area contributed by atoms with Gasteiger partial charge in [-0.05, 0) is 59.8 Å². The lowest BCUT2D eigenvalue weighted by Crippen LogP contribution is -2.27. The van der Waals surface area contributed by atoms with E-state index in [4.69, 9.17) is 10.5 Å². The van der Waals surface area contributed by atoms with Gasteiger partial charge in [0.1, 0.15) is 17.9 Å². The van der Waals surface area contributed by atoms with Crippen LogP contribution in [0.15, 0.2) is 65.8 Å². The van der Waals surface area contributed by atoms with Gasteiger partial charge in [-0.3, -0.25) is 0 Å². The van der Waals surface area contributed by atoms with E-state index in [1.165, 1.54) is 22.0 Å². The minimum Gasteiger partial charge on any atom is -0.382 e. The van der Waals surface area contributed by atoms with Gasteiger partial charge >= 0.3 is 0 Å². The molecule has 1 aliphatic heterocycles. The lowest BCUT2D eigenvalue weighted by molar-refractivity contribution is 0.0332. The molecule has 154 valence electrons. The molecule has 3 heterocycles. The molecule has 30 heavy (non-hydrogen) atoms. The van der Waals surface area contributed by atoms with Gasteiger partial charge in [0.25, 0.3) is 0 Å². The summed E-state index contributed by atoms with van der Waals surface area (Å²) in [5, 5.41) is 6.91. The number of nitrogens with zero attached hydrogens (tertiary/aromatic N) is 4. The molecule has 1 saturated heterocycles. The predicted molar refractivity (Wildman–Crippen MR) is 121 cm³/mol. The van der Waals surface area contributed by atoms with E-state index in [1.807, 2.05) is 10.6 Å². The second kappa shape index (κ2) is 8.26. The van der Waals surface area contributed by atoms with E-state index in [0.717, 1.165) is 37.1 Å². The Morgan fingerprint density at radius 3 is 2.87 bits per heavy atom. The minimum absolute atomic E-state index is 0.0381. The Kier molecular flexibility index (Phi) is 5.33. The lowest BCUT2D eigenvalue weighted by atomic mass is 10.1. The minimum atomic E-state index is 0.0381. The molecule has 6 nitrogen and oxygen atoms in total. The highest BCUT2D eigenvalue weighted by Crippen LogP contribution is 2.35. The van der Waals surface area contributed by atoms with E-state index in [-0.39, 0.29) is 12.2 Å². The van der Waals surface area contributed by atoms with Crippen LogP contribution in [0.25, 0.3) is 16.3 Å². The molecule has 0 saturated carbocycles. The van der Waals surface area contributed by atoms with Gasteiger partial charge in [-0.1, -0.05) is 37.3 Å². The zero-order chi connectivity index (χ0) is 20.5. The standard InChI is InChI=1S/C23H25N5OS/c1-2-27(30-19-9-7-16-5-3-4-6-17(16)13-19)14-18-8-12-22(29-18)20-10-11-21-23(24)25-15-26-28(20)21/h3-7,9-11,13,15,18,22H,2,8,12,14H2,1H3,(H2,24,25,26)/t18?,22-/m1/s1. The molecular formula is C23H25N5OS. The normalized spacial score (nSPS) is 19.3. The summed E-state index contributed by atoms with van der Waals surface area (Å²) in [6.07, 6.45) is 3.76. The number of hydrogen-bond acceptors (Lipinski definition) is 6. The fraction of sp³-hybridized carbons (Fsp3) is 0.304. The summed E-state index contributed by atoms with van der Waals surface area (Å²) in [5.41, 5.74) is 7.85. The van der Waals surface area contributed by atoms with Crippen LogP contribution in [0.3, 0.4) is 0 Å². The Balaban J connectivity index is 1.26. The molecule has 0 spiro atoms. The van der Waals surface area contributed by atoms with Gasteiger partial charge in [-0.2, -0.15) is 5.10 Å². The first kappa shape index (κ1) is 19.4. The van der Waals surface area contributed by atoms with Crippen molar-refractivity contribution in [3.05, 3.63) is 66.6 Å². The molecule has 2 aromatic carbocycles. The summed E-state index contributed by atoms with van der Waals surface area (Å²) < 4.78 is 10.7. The SMILES string of the molecule is CCN(CC1CC[C@H](c2ccc3c(N)ncnn23)O1)Sc1ccc2ccccc2c1. The number of rotatable bonds is 6. The fourth-order valence-electron chi connectivity index (χ4n) is 4.11. The van der Waals surface area contributed by atoms with E-state index < -0.39 is 0 Å². The number of hydrogen-bond donors (Lipinski definition) is 1. The van der Waals surface area contributed by atoms with Crippen molar-refractivity contribution in [2.75, 3.05) is 18.8 Å². The zero-order valence-electron chi connectivity index (χ0n) is 16.9. The molecular weight excluding hydrogens is 394 g/mol. The van der Waals surface area contributed by atoms with Crippen LogP contribution in [0.1, 0.15) is 31.6 Å². The van der Waals surface area contributed by atoms with E-state index in [9.17, 15) is 0 Å². The molecule has 7 heteroatoms. The monoisotopic (exact) mass is 419 g/mol. The molecule has 0 radical (unpaired) electrons.